The molecule has 0 aromatic heterocycles. The van der Waals surface area contributed by atoms with Gasteiger partial charge in [0.15, 0.2) is 0 Å². The van der Waals surface area contributed by atoms with Gasteiger partial charge in [0.1, 0.15) is 5.75 Å². The lowest BCUT2D eigenvalue weighted by molar-refractivity contribution is 0.148. The highest BCUT2D eigenvalue weighted by Crippen LogP contribution is 2.20. The first-order valence-corrected chi connectivity index (χ1v) is 9.80. The zero-order chi connectivity index (χ0) is 18.8. The number of ether oxygens (including phenoxy) is 1. The topological polar surface area (TPSA) is 58.6 Å². The van der Waals surface area contributed by atoms with Crippen LogP contribution in [0.5, 0.6) is 5.75 Å². The molecule has 2 rings (SSSR count). The lowest BCUT2D eigenvalue weighted by atomic mass is 10.2. The molecule has 138 valence electrons. The Morgan fingerprint density at radius 3 is 2.58 bits per heavy atom. The molecule has 0 atom stereocenters. The van der Waals surface area contributed by atoms with Gasteiger partial charge in [-0.15, -0.1) is 0 Å². The molecule has 5 nitrogen and oxygen atoms in total. The minimum absolute atomic E-state index is 0.165. The van der Waals surface area contributed by atoms with Crippen LogP contribution in [0.3, 0.4) is 0 Å². The Hall–Kier alpha value is -2.47. The van der Waals surface area contributed by atoms with Crippen LogP contribution < -0.4 is 10.1 Å². The Balaban J connectivity index is 2.05. The molecule has 0 radical (unpaired) electrons. The molecule has 1 N–H and O–H groups in total. The van der Waals surface area contributed by atoms with E-state index in [0.29, 0.717) is 24.5 Å². The first kappa shape index (κ1) is 19.8. The first-order valence-electron chi connectivity index (χ1n) is 8.58. The Morgan fingerprint density at radius 2 is 1.88 bits per heavy atom. The average molecular weight is 372 g/mol. The molecular formula is C20H24N2O3S. The van der Waals surface area contributed by atoms with Gasteiger partial charge in [-0.2, -0.15) is 0 Å². The van der Waals surface area contributed by atoms with Crippen molar-refractivity contribution in [3.63, 3.8) is 0 Å². The molecule has 0 fully saturated rings. The summed E-state index contributed by atoms with van der Waals surface area (Å²) < 4.78 is 5.53. The van der Waals surface area contributed by atoms with Crippen molar-refractivity contribution in [1.29, 1.82) is 0 Å². The number of nitrogens with one attached hydrogen (secondary N) is 1. The highest BCUT2D eigenvalue weighted by Gasteiger charge is 2.16. The van der Waals surface area contributed by atoms with E-state index in [-0.39, 0.29) is 5.24 Å². The van der Waals surface area contributed by atoms with E-state index in [1.807, 2.05) is 30.3 Å². The maximum absolute atomic E-state index is 12.6. The van der Waals surface area contributed by atoms with E-state index in [1.165, 1.54) is 0 Å². The summed E-state index contributed by atoms with van der Waals surface area (Å²) in [5.41, 5.74) is 1.65. The number of carbonyl (C=O) groups is 2. The normalized spacial score (nSPS) is 10.2. The summed E-state index contributed by atoms with van der Waals surface area (Å²) in [5.74, 6) is 0.406. The van der Waals surface area contributed by atoms with E-state index in [1.54, 1.807) is 35.4 Å². The molecule has 0 saturated heterocycles. The molecule has 2 aromatic rings. The number of anilines is 1. The number of thioether (sulfide) groups is 1. The molecule has 2 aromatic carbocycles. The molecule has 0 spiro atoms. The van der Waals surface area contributed by atoms with Gasteiger partial charge in [-0.1, -0.05) is 61.5 Å². The fourth-order valence-corrected chi connectivity index (χ4v) is 2.58. The zero-order valence-electron chi connectivity index (χ0n) is 15.1. The first-order chi connectivity index (χ1) is 12.6. The van der Waals surface area contributed by atoms with Crippen molar-refractivity contribution in [2.45, 2.75) is 26.3 Å². The third kappa shape index (κ3) is 6.44. The van der Waals surface area contributed by atoms with Crippen LogP contribution in [-0.4, -0.2) is 29.0 Å². The van der Waals surface area contributed by atoms with Crippen molar-refractivity contribution in [3.8, 4) is 5.75 Å². The maximum Gasteiger partial charge on any atom is 0.415 e. The minimum Gasteiger partial charge on any atom is -0.410 e. The number of hydrogen-bond donors (Lipinski definition) is 1. The fraction of sp³-hybridized carbons (Fsp3) is 0.300. The molecule has 2 amide bonds. The number of carbonyl (C=O) groups excluding carboxylic acids is 2. The van der Waals surface area contributed by atoms with Crippen molar-refractivity contribution < 1.29 is 14.3 Å². The van der Waals surface area contributed by atoms with Gasteiger partial charge in [0.25, 0.3) is 5.24 Å². The Morgan fingerprint density at radius 1 is 1.12 bits per heavy atom. The molecule has 26 heavy (non-hydrogen) atoms. The SMILES string of the molecule is CCCCN(Cc1ccccc1)C(=O)Oc1cccc(NC(=O)SC)c1. The molecule has 6 heteroatoms. The van der Waals surface area contributed by atoms with Gasteiger partial charge in [-0.05, 0) is 30.4 Å². The van der Waals surface area contributed by atoms with Gasteiger partial charge >= 0.3 is 6.09 Å². The number of hydrogen-bond acceptors (Lipinski definition) is 4. The van der Waals surface area contributed by atoms with E-state index in [4.69, 9.17) is 4.74 Å². The second-order valence-electron chi connectivity index (χ2n) is 5.77. The molecule has 0 heterocycles. The molecule has 0 bridgehead atoms. The summed E-state index contributed by atoms with van der Waals surface area (Å²) in [6, 6.07) is 16.7. The van der Waals surface area contributed by atoms with Crippen molar-refractivity contribution in [3.05, 3.63) is 60.2 Å². The van der Waals surface area contributed by atoms with Crippen LogP contribution in [0.2, 0.25) is 0 Å². The summed E-state index contributed by atoms with van der Waals surface area (Å²) in [5, 5.41) is 2.56. The van der Waals surface area contributed by atoms with Crippen LogP contribution in [0.4, 0.5) is 15.3 Å². The van der Waals surface area contributed by atoms with E-state index in [0.717, 1.165) is 30.2 Å². The average Bonchev–Trinajstić information content (AvgIpc) is 2.66. The molecule has 0 saturated carbocycles. The quantitative estimate of drug-likeness (QED) is 0.708. The summed E-state index contributed by atoms with van der Waals surface area (Å²) in [7, 11) is 0. The summed E-state index contributed by atoms with van der Waals surface area (Å²) >= 11 is 1.09. The Kier molecular flexibility index (Phi) is 8.02. The lowest BCUT2D eigenvalue weighted by Gasteiger charge is -2.22. The van der Waals surface area contributed by atoms with E-state index in [9.17, 15) is 9.59 Å². The second kappa shape index (κ2) is 10.5. The van der Waals surface area contributed by atoms with Gasteiger partial charge in [0, 0.05) is 24.8 Å². The van der Waals surface area contributed by atoms with Gasteiger partial charge in [0.05, 0.1) is 0 Å². The zero-order valence-corrected chi connectivity index (χ0v) is 15.9. The van der Waals surface area contributed by atoms with Crippen LogP contribution in [0, 0.1) is 0 Å². The van der Waals surface area contributed by atoms with Crippen LogP contribution in [0.15, 0.2) is 54.6 Å². The summed E-state index contributed by atoms with van der Waals surface area (Å²) in [4.78, 5) is 25.8. The van der Waals surface area contributed by atoms with Crippen molar-refractivity contribution >= 4 is 28.8 Å². The number of amides is 2. The van der Waals surface area contributed by atoms with Crippen LogP contribution in [0.25, 0.3) is 0 Å². The molecule has 0 unspecified atom stereocenters. The standard InChI is InChI=1S/C20H24N2O3S/c1-3-4-13-22(15-16-9-6-5-7-10-16)20(24)25-18-12-8-11-17(14-18)21-19(23)26-2/h5-12,14H,3-4,13,15H2,1-2H3,(H,21,23). The van der Waals surface area contributed by atoms with Crippen LogP contribution in [0.1, 0.15) is 25.3 Å². The van der Waals surface area contributed by atoms with E-state index < -0.39 is 6.09 Å². The predicted molar refractivity (Wildman–Crippen MR) is 107 cm³/mol. The third-order valence-electron chi connectivity index (χ3n) is 3.73. The van der Waals surface area contributed by atoms with Crippen LogP contribution in [-0.2, 0) is 6.54 Å². The number of benzene rings is 2. The van der Waals surface area contributed by atoms with Gasteiger partial charge in [-0.3, -0.25) is 4.79 Å². The van der Waals surface area contributed by atoms with Crippen molar-refractivity contribution in [1.82, 2.24) is 4.90 Å². The minimum atomic E-state index is -0.393. The largest absolute Gasteiger partial charge is 0.415 e. The smallest absolute Gasteiger partial charge is 0.410 e. The summed E-state index contributed by atoms with van der Waals surface area (Å²) in [6.45, 7) is 3.22. The number of rotatable bonds is 7. The van der Waals surface area contributed by atoms with E-state index in [2.05, 4.69) is 12.2 Å². The molecular weight excluding hydrogens is 348 g/mol. The van der Waals surface area contributed by atoms with Crippen molar-refractivity contribution in [2.75, 3.05) is 18.1 Å². The van der Waals surface area contributed by atoms with E-state index >= 15 is 0 Å². The number of nitrogens with zero attached hydrogens (tertiary/aromatic N) is 1. The molecule has 0 aliphatic rings. The predicted octanol–water partition coefficient (Wildman–Crippen LogP) is 5.38. The second-order valence-corrected chi connectivity index (χ2v) is 6.55. The Labute approximate surface area is 158 Å². The molecule has 0 aliphatic carbocycles. The van der Waals surface area contributed by atoms with Gasteiger partial charge in [0.2, 0.25) is 0 Å². The van der Waals surface area contributed by atoms with Gasteiger partial charge in [-0.25, -0.2) is 4.79 Å². The number of unbranched alkanes of at least 4 members (excludes halogenated alkanes) is 1. The Bertz CT molecular complexity index is 722. The highest BCUT2D eigenvalue weighted by atomic mass is 32.2. The van der Waals surface area contributed by atoms with Crippen LogP contribution >= 0.6 is 11.8 Å². The highest BCUT2D eigenvalue weighted by molar-refractivity contribution is 8.13. The maximum atomic E-state index is 12.6. The fourth-order valence-electron chi connectivity index (χ4n) is 2.36. The monoisotopic (exact) mass is 372 g/mol. The third-order valence-corrected chi connectivity index (χ3v) is 4.20. The summed E-state index contributed by atoms with van der Waals surface area (Å²) in [6.07, 6.45) is 3.21. The molecule has 0 aliphatic heterocycles. The van der Waals surface area contributed by atoms with Crippen molar-refractivity contribution in [2.24, 2.45) is 0 Å². The van der Waals surface area contributed by atoms with Gasteiger partial charge < -0.3 is 15.0 Å². The lowest BCUT2D eigenvalue weighted by Crippen LogP contribution is -2.34.